The van der Waals surface area contributed by atoms with E-state index in [4.69, 9.17) is 0 Å². The molecule has 6 atom stereocenters. The number of fused-ring (bicyclic) bond motifs is 3. The monoisotopic (exact) mass is 480 g/mol. The Balaban J connectivity index is 1.57. The fraction of sp³-hybridized carbons (Fsp3) is 0.229. The van der Waals surface area contributed by atoms with Crippen LogP contribution in [0.5, 0.6) is 0 Å². The molecule has 180 valence electrons. The number of ketones is 1. The number of carbonyl (C=O) groups excluding carboxylic acids is 1. The Kier molecular flexibility index (Phi) is 3.79. The molecule has 2 nitrogen and oxygen atoms in total. The molecule has 4 aromatic rings. The SMILES string of the molecule is C[C@]12[C@H]3C(=O)[C@@H]4C(c5ccccc5)=C(c5ccccc5)[C@@]1(O)[C@]4(C)c1ccccc1[C@@]32c1ccccc1. The molecule has 1 N–H and O–H groups in total. The van der Waals surface area contributed by atoms with Crippen LogP contribution in [0.1, 0.15) is 41.7 Å². The second-order valence-electron chi connectivity index (χ2n) is 11.6. The summed E-state index contributed by atoms with van der Waals surface area (Å²) in [4.78, 5) is 14.9. The average molecular weight is 481 g/mol. The number of allylic oxidation sites excluding steroid dienone is 1. The quantitative estimate of drug-likeness (QED) is 0.367. The zero-order valence-electron chi connectivity index (χ0n) is 21.0. The van der Waals surface area contributed by atoms with Crippen molar-refractivity contribution in [3.05, 3.63) is 143 Å². The van der Waals surface area contributed by atoms with Gasteiger partial charge in [-0.1, -0.05) is 129 Å². The maximum absolute atomic E-state index is 14.9. The van der Waals surface area contributed by atoms with Gasteiger partial charge in [-0.2, -0.15) is 0 Å². The highest BCUT2D eigenvalue weighted by molar-refractivity contribution is 6.17. The largest absolute Gasteiger partial charge is 0.384 e. The van der Waals surface area contributed by atoms with Crippen LogP contribution in [0, 0.1) is 17.3 Å². The van der Waals surface area contributed by atoms with Crippen molar-refractivity contribution in [3.63, 3.8) is 0 Å². The van der Waals surface area contributed by atoms with E-state index in [1.165, 1.54) is 5.56 Å². The lowest BCUT2D eigenvalue weighted by molar-refractivity contribution is -0.139. The van der Waals surface area contributed by atoms with Gasteiger partial charge >= 0.3 is 0 Å². The molecule has 4 bridgehead atoms. The number of rotatable bonds is 3. The van der Waals surface area contributed by atoms with E-state index in [2.05, 4.69) is 86.6 Å². The molecule has 8 rings (SSSR count). The molecule has 0 heterocycles. The maximum Gasteiger partial charge on any atom is 0.146 e. The summed E-state index contributed by atoms with van der Waals surface area (Å²) in [6.45, 7) is 4.34. The predicted octanol–water partition coefficient (Wildman–Crippen LogP) is 6.43. The van der Waals surface area contributed by atoms with Crippen LogP contribution < -0.4 is 0 Å². The van der Waals surface area contributed by atoms with Gasteiger partial charge in [-0.3, -0.25) is 4.79 Å². The van der Waals surface area contributed by atoms with Gasteiger partial charge in [-0.15, -0.1) is 0 Å². The second-order valence-corrected chi connectivity index (χ2v) is 11.6. The Labute approximate surface area is 217 Å². The summed E-state index contributed by atoms with van der Waals surface area (Å²) >= 11 is 0. The molecule has 0 spiro atoms. The van der Waals surface area contributed by atoms with E-state index in [0.717, 1.165) is 33.4 Å². The fourth-order valence-electron chi connectivity index (χ4n) is 9.39. The van der Waals surface area contributed by atoms with E-state index < -0.39 is 27.8 Å². The number of carbonyl (C=O) groups is 1. The van der Waals surface area contributed by atoms with Crippen molar-refractivity contribution in [2.45, 2.75) is 30.3 Å². The van der Waals surface area contributed by atoms with Crippen LogP contribution in [0.4, 0.5) is 0 Å². The van der Waals surface area contributed by atoms with Crippen LogP contribution in [-0.2, 0) is 15.6 Å². The topological polar surface area (TPSA) is 37.3 Å². The average Bonchev–Trinajstić information content (AvgIpc) is 3.51. The van der Waals surface area contributed by atoms with Crippen molar-refractivity contribution in [2.24, 2.45) is 17.3 Å². The maximum atomic E-state index is 14.9. The zero-order valence-corrected chi connectivity index (χ0v) is 21.0. The zero-order chi connectivity index (χ0) is 25.2. The van der Waals surface area contributed by atoms with Crippen molar-refractivity contribution in [1.29, 1.82) is 0 Å². The van der Waals surface area contributed by atoms with E-state index in [-0.39, 0.29) is 11.7 Å². The molecule has 2 heteroatoms. The summed E-state index contributed by atoms with van der Waals surface area (Å²) in [7, 11) is 0. The standard InChI is InChI=1S/C35H28O2/c1-32-25-20-12-13-21-26(25)34(24-18-10-5-11-19-24)31-30(36)29(32)27(22-14-6-3-7-15-22)28(23-16-8-4-9-17-23)35(32,37)33(31,34)2/h3-21,29,31,37H,1-2H3/t29-,31+,32+,33+,34-,35+/m0/s1. The van der Waals surface area contributed by atoms with Gasteiger partial charge in [0, 0.05) is 22.2 Å². The second kappa shape index (κ2) is 6.57. The van der Waals surface area contributed by atoms with E-state index in [1.807, 2.05) is 42.5 Å². The van der Waals surface area contributed by atoms with Crippen molar-refractivity contribution in [1.82, 2.24) is 0 Å². The molecule has 0 amide bonds. The van der Waals surface area contributed by atoms with E-state index in [0.29, 0.717) is 0 Å². The number of Topliss-reactive ketones (excluding diaryl/α,β-unsaturated/α-hetero) is 1. The lowest BCUT2D eigenvalue weighted by Gasteiger charge is -2.56. The minimum Gasteiger partial charge on any atom is -0.384 e. The van der Waals surface area contributed by atoms with Gasteiger partial charge in [-0.25, -0.2) is 0 Å². The molecular weight excluding hydrogens is 452 g/mol. The van der Waals surface area contributed by atoms with Gasteiger partial charge in [-0.05, 0) is 39.0 Å². The smallest absolute Gasteiger partial charge is 0.146 e. The number of benzene rings is 4. The number of hydrogen-bond donors (Lipinski definition) is 1. The molecule has 0 unspecified atom stereocenters. The van der Waals surface area contributed by atoms with Gasteiger partial charge in [0.15, 0.2) is 0 Å². The lowest BCUT2D eigenvalue weighted by Crippen LogP contribution is -2.63. The van der Waals surface area contributed by atoms with Gasteiger partial charge in [0.25, 0.3) is 0 Å². The van der Waals surface area contributed by atoms with Crippen LogP contribution in [0.2, 0.25) is 0 Å². The first-order valence-electron chi connectivity index (χ1n) is 13.2. The molecular formula is C35H28O2. The molecule has 0 saturated heterocycles. The normalized spacial score (nSPS) is 36.4. The summed E-state index contributed by atoms with van der Waals surface area (Å²) in [5, 5.41) is 13.6. The van der Waals surface area contributed by atoms with E-state index in [9.17, 15) is 9.90 Å². The summed E-state index contributed by atoms with van der Waals surface area (Å²) in [5.74, 6) is -0.462. The molecule has 4 aliphatic rings. The Morgan fingerprint density at radius 2 is 1.16 bits per heavy atom. The minimum absolute atomic E-state index is 0.263. The number of hydrogen-bond acceptors (Lipinski definition) is 2. The summed E-state index contributed by atoms with van der Waals surface area (Å²) in [5.41, 5.74) is 4.13. The van der Waals surface area contributed by atoms with E-state index >= 15 is 0 Å². The molecule has 4 aliphatic carbocycles. The van der Waals surface area contributed by atoms with Crippen LogP contribution in [0.3, 0.4) is 0 Å². The van der Waals surface area contributed by atoms with Crippen LogP contribution >= 0.6 is 0 Å². The number of aliphatic hydroxyl groups is 1. The molecule has 2 saturated carbocycles. The van der Waals surface area contributed by atoms with Crippen molar-refractivity contribution in [2.75, 3.05) is 0 Å². The van der Waals surface area contributed by atoms with Gasteiger partial charge in [0.05, 0.1) is 5.92 Å². The Hall–Kier alpha value is -3.75. The fourth-order valence-corrected chi connectivity index (χ4v) is 9.39. The Morgan fingerprint density at radius 3 is 1.78 bits per heavy atom. The summed E-state index contributed by atoms with van der Waals surface area (Å²) in [6.07, 6.45) is 0. The first-order chi connectivity index (χ1) is 17.9. The molecule has 37 heavy (non-hydrogen) atoms. The third-order valence-corrected chi connectivity index (χ3v) is 10.6. The van der Waals surface area contributed by atoms with Crippen LogP contribution in [-0.4, -0.2) is 16.5 Å². The van der Waals surface area contributed by atoms with Gasteiger partial charge in [0.1, 0.15) is 11.4 Å². The Morgan fingerprint density at radius 1 is 0.649 bits per heavy atom. The molecule has 0 radical (unpaired) electrons. The van der Waals surface area contributed by atoms with Crippen LogP contribution in [0.15, 0.2) is 115 Å². The lowest BCUT2D eigenvalue weighted by atomic mass is 9.49. The van der Waals surface area contributed by atoms with Crippen molar-refractivity contribution in [3.8, 4) is 0 Å². The highest BCUT2D eigenvalue weighted by atomic mass is 16.3. The third kappa shape index (κ3) is 1.97. The van der Waals surface area contributed by atoms with Crippen LogP contribution in [0.25, 0.3) is 11.1 Å². The minimum atomic E-state index is -1.24. The molecule has 0 aromatic heterocycles. The molecule has 4 aromatic carbocycles. The summed E-state index contributed by atoms with van der Waals surface area (Å²) < 4.78 is 0. The Bertz CT molecular complexity index is 1640. The van der Waals surface area contributed by atoms with E-state index in [1.54, 1.807) is 0 Å². The molecule has 0 aliphatic heterocycles. The molecule has 2 fully saturated rings. The third-order valence-electron chi connectivity index (χ3n) is 10.6. The summed E-state index contributed by atoms with van der Waals surface area (Å²) in [6, 6.07) is 39.5. The van der Waals surface area contributed by atoms with Gasteiger partial charge < -0.3 is 5.11 Å². The highest BCUT2D eigenvalue weighted by Gasteiger charge is 2.95. The first-order valence-corrected chi connectivity index (χ1v) is 13.2. The van der Waals surface area contributed by atoms with Gasteiger partial charge in [0.2, 0.25) is 0 Å². The highest BCUT2D eigenvalue weighted by Crippen LogP contribution is 2.90. The first kappa shape index (κ1) is 21.3. The van der Waals surface area contributed by atoms with Crippen molar-refractivity contribution >= 4 is 16.9 Å². The predicted molar refractivity (Wildman–Crippen MR) is 146 cm³/mol. The van der Waals surface area contributed by atoms with Crippen molar-refractivity contribution < 1.29 is 9.90 Å².